The Bertz CT molecular complexity index is 725. The lowest BCUT2D eigenvalue weighted by Crippen LogP contribution is -2.42. The Labute approximate surface area is 136 Å². The number of ether oxygens (including phenoxy) is 1. The van der Waals surface area contributed by atoms with Crippen molar-refractivity contribution >= 4 is 5.91 Å². The molecule has 1 aromatic carbocycles. The monoisotopic (exact) mass is 339 g/mol. The van der Waals surface area contributed by atoms with Crippen molar-refractivity contribution in [3.05, 3.63) is 53.6 Å². The van der Waals surface area contributed by atoms with Crippen molar-refractivity contribution in [1.82, 2.24) is 14.5 Å². The highest BCUT2D eigenvalue weighted by molar-refractivity contribution is 5.92. The number of hydrogen-bond acceptors (Lipinski definition) is 3. The maximum atomic E-state index is 12.6. The fraction of sp³-hybridized carbons (Fsp3) is 0.375. The highest BCUT2D eigenvalue weighted by Gasteiger charge is 2.31. The van der Waals surface area contributed by atoms with E-state index in [4.69, 9.17) is 4.74 Å². The van der Waals surface area contributed by atoms with E-state index in [9.17, 15) is 18.0 Å². The Hall–Kier alpha value is -2.35. The van der Waals surface area contributed by atoms with Gasteiger partial charge in [0.15, 0.2) is 0 Å². The molecule has 1 amide bonds. The summed E-state index contributed by atoms with van der Waals surface area (Å²) in [7, 11) is 1.77. The van der Waals surface area contributed by atoms with Gasteiger partial charge in [-0.3, -0.25) is 4.79 Å². The number of carbonyl (C=O) groups is 1. The van der Waals surface area contributed by atoms with Crippen LogP contribution in [0.15, 0.2) is 36.8 Å². The molecule has 1 aliphatic rings. The first-order valence-electron chi connectivity index (χ1n) is 7.40. The summed E-state index contributed by atoms with van der Waals surface area (Å²) in [6.45, 7) is 1.03. The number of alkyl halides is 3. The van der Waals surface area contributed by atoms with Crippen LogP contribution in [0.1, 0.15) is 27.7 Å². The van der Waals surface area contributed by atoms with E-state index in [0.717, 1.165) is 12.1 Å². The smallest absolute Gasteiger partial charge is 0.370 e. The van der Waals surface area contributed by atoms with Crippen LogP contribution in [0.25, 0.3) is 0 Å². The standard InChI is InChI=1S/C16H16F3N3O2/c1-21-8-13(20-10-21)15(23)22-6-7-24-14(9-22)11-2-4-12(5-3-11)16(17,18)19/h2-5,8,10,14H,6-7,9H2,1H3. The quantitative estimate of drug-likeness (QED) is 0.845. The highest BCUT2D eigenvalue weighted by Crippen LogP contribution is 2.31. The second kappa shape index (κ2) is 6.27. The van der Waals surface area contributed by atoms with E-state index < -0.39 is 17.8 Å². The molecular formula is C16H16F3N3O2. The van der Waals surface area contributed by atoms with Crippen molar-refractivity contribution in [2.24, 2.45) is 7.05 Å². The van der Waals surface area contributed by atoms with E-state index in [1.54, 1.807) is 29.0 Å². The highest BCUT2D eigenvalue weighted by atomic mass is 19.4. The third-order valence-corrected chi connectivity index (χ3v) is 3.89. The SMILES string of the molecule is Cn1cnc(C(=O)N2CCOC(c3ccc(C(F)(F)F)cc3)C2)c1. The van der Waals surface area contributed by atoms with Crippen LogP contribution in [-0.4, -0.2) is 40.1 Å². The fourth-order valence-corrected chi connectivity index (χ4v) is 2.61. The Balaban J connectivity index is 1.72. The van der Waals surface area contributed by atoms with Crippen LogP contribution in [0.3, 0.4) is 0 Å². The molecule has 8 heteroatoms. The lowest BCUT2D eigenvalue weighted by atomic mass is 10.0. The number of halogens is 3. The molecule has 2 heterocycles. The molecule has 0 aliphatic carbocycles. The topological polar surface area (TPSA) is 47.4 Å². The van der Waals surface area contributed by atoms with Gasteiger partial charge in [-0.25, -0.2) is 4.98 Å². The molecule has 0 spiro atoms. The van der Waals surface area contributed by atoms with Gasteiger partial charge in [0.05, 0.1) is 25.0 Å². The molecule has 1 fully saturated rings. The van der Waals surface area contributed by atoms with Gasteiger partial charge >= 0.3 is 6.18 Å². The maximum Gasteiger partial charge on any atom is 0.416 e. The van der Waals surface area contributed by atoms with E-state index in [1.165, 1.54) is 12.1 Å². The molecule has 0 saturated carbocycles. The van der Waals surface area contributed by atoms with Gasteiger partial charge in [-0.15, -0.1) is 0 Å². The molecule has 0 N–H and O–H groups in total. The number of rotatable bonds is 2. The summed E-state index contributed by atoms with van der Waals surface area (Å²) in [5.74, 6) is -0.212. The molecule has 0 radical (unpaired) electrons. The lowest BCUT2D eigenvalue weighted by molar-refractivity contribution is -0.137. The van der Waals surface area contributed by atoms with E-state index in [0.29, 0.717) is 24.4 Å². The summed E-state index contributed by atoms with van der Waals surface area (Å²) in [6.07, 6.45) is -1.65. The van der Waals surface area contributed by atoms with Crippen LogP contribution in [0.5, 0.6) is 0 Å². The van der Waals surface area contributed by atoms with Crippen LogP contribution in [0.4, 0.5) is 13.2 Å². The molecule has 24 heavy (non-hydrogen) atoms. The Morgan fingerprint density at radius 2 is 2.00 bits per heavy atom. The number of hydrogen-bond donors (Lipinski definition) is 0. The number of imidazole rings is 1. The average Bonchev–Trinajstić information content (AvgIpc) is 3.00. The molecule has 128 valence electrons. The summed E-state index contributed by atoms with van der Waals surface area (Å²) in [5, 5.41) is 0. The summed E-state index contributed by atoms with van der Waals surface area (Å²) < 4.78 is 45.2. The van der Waals surface area contributed by atoms with Crippen molar-refractivity contribution in [2.45, 2.75) is 12.3 Å². The minimum Gasteiger partial charge on any atom is -0.370 e. The zero-order chi connectivity index (χ0) is 17.3. The average molecular weight is 339 g/mol. The maximum absolute atomic E-state index is 12.6. The molecule has 1 aromatic heterocycles. The fourth-order valence-electron chi connectivity index (χ4n) is 2.61. The molecule has 0 bridgehead atoms. The van der Waals surface area contributed by atoms with Crippen LogP contribution in [0.2, 0.25) is 0 Å². The van der Waals surface area contributed by atoms with Gasteiger partial charge in [0.25, 0.3) is 5.91 Å². The van der Waals surface area contributed by atoms with Gasteiger partial charge in [-0.1, -0.05) is 12.1 Å². The van der Waals surface area contributed by atoms with Crippen LogP contribution in [-0.2, 0) is 18.0 Å². The predicted octanol–water partition coefficient (Wildman–Crippen LogP) is 2.65. The Morgan fingerprint density at radius 3 is 2.58 bits per heavy atom. The van der Waals surface area contributed by atoms with Crippen molar-refractivity contribution in [3.8, 4) is 0 Å². The number of benzene rings is 1. The Kier molecular flexibility index (Phi) is 4.31. The van der Waals surface area contributed by atoms with E-state index in [1.807, 2.05) is 0 Å². The molecular weight excluding hydrogens is 323 g/mol. The second-order valence-corrected chi connectivity index (χ2v) is 5.65. The van der Waals surface area contributed by atoms with Crippen LogP contribution in [0, 0.1) is 0 Å². The van der Waals surface area contributed by atoms with Gasteiger partial charge in [0.2, 0.25) is 0 Å². The molecule has 3 rings (SSSR count). The van der Waals surface area contributed by atoms with Gasteiger partial charge in [0, 0.05) is 19.8 Å². The molecule has 1 atom stereocenters. The Morgan fingerprint density at radius 1 is 1.29 bits per heavy atom. The molecule has 5 nitrogen and oxygen atoms in total. The third-order valence-electron chi connectivity index (χ3n) is 3.89. The normalized spacial score (nSPS) is 18.7. The van der Waals surface area contributed by atoms with Gasteiger partial charge in [-0.2, -0.15) is 13.2 Å². The first-order valence-corrected chi connectivity index (χ1v) is 7.40. The van der Waals surface area contributed by atoms with Crippen molar-refractivity contribution in [1.29, 1.82) is 0 Å². The zero-order valence-electron chi connectivity index (χ0n) is 13.0. The van der Waals surface area contributed by atoms with E-state index in [2.05, 4.69) is 4.98 Å². The van der Waals surface area contributed by atoms with Crippen molar-refractivity contribution in [2.75, 3.05) is 19.7 Å². The summed E-state index contributed by atoms with van der Waals surface area (Å²) >= 11 is 0. The second-order valence-electron chi connectivity index (χ2n) is 5.65. The first-order chi connectivity index (χ1) is 11.3. The minimum atomic E-state index is -4.37. The largest absolute Gasteiger partial charge is 0.416 e. The van der Waals surface area contributed by atoms with Crippen molar-refractivity contribution in [3.63, 3.8) is 0 Å². The van der Waals surface area contributed by atoms with Gasteiger partial charge in [0.1, 0.15) is 11.8 Å². The summed E-state index contributed by atoms with van der Waals surface area (Å²) in [4.78, 5) is 18.1. The first kappa shape index (κ1) is 16.5. The molecule has 1 unspecified atom stereocenters. The molecule has 1 saturated heterocycles. The summed E-state index contributed by atoms with van der Waals surface area (Å²) in [6, 6.07) is 4.83. The summed E-state index contributed by atoms with van der Waals surface area (Å²) in [5.41, 5.74) is 0.246. The van der Waals surface area contributed by atoms with E-state index in [-0.39, 0.29) is 12.5 Å². The zero-order valence-corrected chi connectivity index (χ0v) is 13.0. The van der Waals surface area contributed by atoms with E-state index >= 15 is 0 Å². The van der Waals surface area contributed by atoms with Gasteiger partial charge < -0.3 is 14.2 Å². The minimum absolute atomic E-state index is 0.212. The molecule has 2 aromatic rings. The van der Waals surface area contributed by atoms with Crippen molar-refractivity contribution < 1.29 is 22.7 Å². The van der Waals surface area contributed by atoms with Gasteiger partial charge in [-0.05, 0) is 17.7 Å². The lowest BCUT2D eigenvalue weighted by Gasteiger charge is -2.33. The number of aromatic nitrogens is 2. The molecule has 1 aliphatic heterocycles. The number of amides is 1. The number of aryl methyl sites for hydroxylation is 1. The van der Waals surface area contributed by atoms with Crippen LogP contribution < -0.4 is 0 Å². The third kappa shape index (κ3) is 3.43. The number of morpholine rings is 1. The number of carbonyl (C=O) groups excluding carboxylic acids is 1. The van der Waals surface area contributed by atoms with Crippen LogP contribution >= 0.6 is 0 Å². The number of nitrogens with zero attached hydrogens (tertiary/aromatic N) is 3. The predicted molar refractivity (Wildman–Crippen MR) is 79.2 cm³/mol.